The molecule has 0 aliphatic rings. The van der Waals surface area contributed by atoms with Gasteiger partial charge in [0.15, 0.2) is 0 Å². The molecule has 0 saturated carbocycles. The number of nitriles is 1. The summed E-state index contributed by atoms with van der Waals surface area (Å²) in [6.45, 7) is 5.16. The van der Waals surface area contributed by atoms with Crippen LogP contribution in [-0.2, 0) is 10.0 Å². The van der Waals surface area contributed by atoms with E-state index >= 15 is 0 Å². The third-order valence-electron chi connectivity index (χ3n) is 5.44. The van der Waals surface area contributed by atoms with E-state index in [-0.39, 0.29) is 10.5 Å². The monoisotopic (exact) mass is 528 g/mol. The van der Waals surface area contributed by atoms with Gasteiger partial charge in [-0.15, -0.1) is 0 Å². The molecule has 0 fully saturated rings. The van der Waals surface area contributed by atoms with E-state index in [1.807, 2.05) is 0 Å². The quantitative estimate of drug-likeness (QED) is 0.331. The number of hydrogen-bond donors (Lipinski definition) is 2. The number of carbonyl (C=O) groups excluding carboxylic acids is 1. The van der Waals surface area contributed by atoms with Gasteiger partial charge in [0.25, 0.3) is 5.91 Å². The lowest BCUT2D eigenvalue weighted by Crippen LogP contribution is -2.40. The average Bonchev–Trinajstić information content (AvgIpc) is 2.87. The number of nitrogens with one attached hydrogen (secondary N) is 2. The number of carbonyl (C=O) groups is 1. The molecule has 1 heterocycles. The molecule has 9 heteroatoms. The van der Waals surface area contributed by atoms with Gasteiger partial charge in [-0.05, 0) is 80.9 Å². The first kappa shape index (κ1) is 26.7. The van der Waals surface area contributed by atoms with Crippen molar-refractivity contribution in [2.45, 2.75) is 31.2 Å². The normalized spacial score (nSPS) is 11.6. The van der Waals surface area contributed by atoms with E-state index in [0.717, 1.165) is 6.07 Å². The summed E-state index contributed by atoms with van der Waals surface area (Å²) in [6.07, 6.45) is 1.57. The van der Waals surface area contributed by atoms with E-state index in [4.69, 9.17) is 0 Å². The first-order chi connectivity index (χ1) is 18.0. The highest BCUT2D eigenvalue weighted by Gasteiger charge is 2.25. The maximum atomic E-state index is 14.1. The Labute approximate surface area is 221 Å². The minimum absolute atomic E-state index is 0.0507. The summed E-state index contributed by atoms with van der Waals surface area (Å²) >= 11 is 0. The van der Waals surface area contributed by atoms with Gasteiger partial charge in [-0.3, -0.25) is 9.78 Å². The lowest BCUT2D eigenvalue weighted by molar-refractivity contribution is 0.102. The van der Waals surface area contributed by atoms with Crippen molar-refractivity contribution < 1.29 is 17.6 Å². The number of benzene rings is 3. The number of hydrogen-bond acceptors (Lipinski definition) is 5. The number of amides is 1. The molecule has 192 valence electrons. The molecule has 2 N–H and O–H groups in total. The number of aromatic nitrogens is 1. The third kappa shape index (κ3) is 6.11. The number of nitrogens with zero attached hydrogens (tertiary/aromatic N) is 2. The van der Waals surface area contributed by atoms with Crippen molar-refractivity contribution in [1.29, 1.82) is 5.26 Å². The lowest BCUT2D eigenvalue weighted by atomic mass is 10.0. The summed E-state index contributed by atoms with van der Waals surface area (Å²) in [6, 6.07) is 22.1. The molecule has 4 rings (SSSR count). The highest BCUT2D eigenvalue weighted by molar-refractivity contribution is 7.89. The fraction of sp³-hybridized carbons (Fsp3) is 0.138. The van der Waals surface area contributed by atoms with Crippen LogP contribution in [0.1, 0.15) is 36.7 Å². The molecule has 7 nitrogen and oxygen atoms in total. The molecule has 38 heavy (non-hydrogen) atoms. The minimum atomic E-state index is -3.93. The van der Waals surface area contributed by atoms with E-state index in [2.05, 4.69) is 21.1 Å². The SMILES string of the molecule is CC(C)(C)NS(=O)(=O)c1ccc(F)cc1-c1ccc(NC(=O)c2cccnc2-c2cccc(C#N)c2)cc1. The molecule has 0 aliphatic carbocycles. The van der Waals surface area contributed by atoms with Gasteiger partial charge in [-0.2, -0.15) is 5.26 Å². The molecular weight excluding hydrogens is 503 g/mol. The maximum absolute atomic E-state index is 14.1. The molecule has 3 aromatic carbocycles. The summed E-state index contributed by atoms with van der Waals surface area (Å²) < 4.78 is 42.7. The van der Waals surface area contributed by atoms with Gasteiger partial charge >= 0.3 is 0 Å². The van der Waals surface area contributed by atoms with Crippen LogP contribution in [0.5, 0.6) is 0 Å². The van der Waals surface area contributed by atoms with Gasteiger partial charge in [0.05, 0.1) is 27.8 Å². The molecule has 0 atom stereocenters. The second-order valence-corrected chi connectivity index (χ2v) is 11.3. The van der Waals surface area contributed by atoms with Crippen molar-refractivity contribution in [3.05, 3.63) is 102 Å². The Balaban J connectivity index is 1.62. The first-order valence-electron chi connectivity index (χ1n) is 11.7. The second-order valence-electron chi connectivity index (χ2n) is 9.62. The Morgan fingerprint density at radius 1 is 0.947 bits per heavy atom. The summed E-state index contributed by atoms with van der Waals surface area (Å²) in [4.78, 5) is 17.4. The Morgan fingerprint density at radius 2 is 1.68 bits per heavy atom. The molecule has 4 aromatic rings. The second kappa shape index (κ2) is 10.5. The topological polar surface area (TPSA) is 112 Å². The van der Waals surface area contributed by atoms with Crippen LogP contribution in [0.15, 0.2) is 90.0 Å². The molecule has 1 aromatic heterocycles. The van der Waals surface area contributed by atoms with Crippen LogP contribution < -0.4 is 10.0 Å². The molecular formula is C29H25FN4O3S. The zero-order chi connectivity index (χ0) is 27.5. The Morgan fingerprint density at radius 3 is 2.37 bits per heavy atom. The van der Waals surface area contributed by atoms with Crippen molar-refractivity contribution in [3.8, 4) is 28.5 Å². The van der Waals surface area contributed by atoms with Crippen molar-refractivity contribution in [3.63, 3.8) is 0 Å². The van der Waals surface area contributed by atoms with E-state index in [9.17, 15) is 22.9 Å². The third-order valence-corrected chi connectivity index (χ3v) is 7.26. The number of halogens is 1. The van der Waals surface area contributed by atoms with Gasteiger partial charge < -0.3 is 5.32 Å². The van der Waals surface area contributed by atoms with Crippen molar-refractivity contribution >= 4 is 21.6 Å². The summed E-state index contributed by atoms with van der Waals surface area (Å²) in [7, 11) is -3.93. The highest BCUT2D eigenvalue weighted by atomic mass is 32.2. The van der Waals surface area contributed by atoms with Crippen LogP contribution in [0.3, 0.4) is 0 Å². The lowest BCUT2D eigenvalue weighted by Gasteiger charge is -2.21. The minimum Gasteiger partial charge on any atom is -0.322 e. The molecule has 0 bridgehead atoms. The fourth-order valence-electron chi connectivity index (χ4n) is 3.91. The summed E-state index contributed by atoms with van der Waals surface area (Å²) in [5.74, 6) is -0.983. The molecule has 0 saturated heterocycles. The first-order valence-corrected chi connectivity index (χ1v) is 13.2. The van der Waals surface area contributed by atoms with E-state index < -0.39 is 27.3 Å². The zero-order valence-electron chi connectivity index (χ0n) is 21.0. The van der Waals surface area contributed by atoms with Crippen molar-refractivity contribution in [2.24, 2.45) is 0 Å². The molecule has 1 amide bonds. The Hall–Kier alpha value is -4.39. The van der Waals surface area contributed by atoms with Crippen LogP contribution in [-0.4, -0.2) is 24.8 Å². The van der Waals surface area contributed by atoms with Crippen LogP contribution in [0.4, 0.5) is 10.1 Å². The van der Waals surface area contributed by atoms with Gasteiger partial charge in [-0.25, -0.2) is 17.5 Å². The predicted molar refractivity (Wildman–Crippen MR) is 144 cm³/mol. The maximum Gasteiger partial charge on any atom is 0.257 e. The summed E-state index contributed by atoms with van der Waals surface area (Å²) in [5, 5.41) is 12.0. The predicted octanol–water partition coefficient (Wildman–Crippen LogP) is 5.76. The van der Waals surface area contributed by atoms with Crippen LogP contribution in [0.25, 0.3) is 22.4 Å². The molecule has 0 radical (unpaired) electrons. The highest BCUT2D eigenvalue weighted by Crippen LogP contribution is 2.30. The Kier molecular flexibility index (Phi) is 7.39. The van der Waals surface area contributed by atoms with E-state index in [0.29, 0.717) is 33.6 Å². The summed E-state index contributed by atoms with van der Waals surface area (Å²) in [5.41, 5.74) is 2.23. The van der Waals surface area contributed by atoms with E-state index in [1.165, 1.54) is 12.1 Å². The van der Waals surface area contributed by atoms with Gasteiger partial charge in [0.2, 0.25) is 10.0 Å². The van der Waals surface area contributed by atoms with Crippen molar-refractivity contribution in [2.75, 3.05) is 5.32 Å². The number of pyridine rings is 1. The smallest absolute Gasteiger partial charge is 0.257 e. The van der Waals surface area contributed by atoms with E-state index in [1.54, 1.807) is 87.6 Å². The zero-order valence-corrected chi connectivity index (χ0v) is 21.8. The van der Waals surface area contributed by atoms with Gasteiger partial charge in [0, 0.05) is 28.6 Å². The number of rotatable bonds is 6. The number of sulfonamides is 1. The van der Waals surface area contributed by atoms with Gasteiger partial charge in [0.1, 0.15) is 5.82 Å². The van der Waals surface area contributed by atoms with Crippen LogP contribution in [0.2, 0.25) is 0 Å². The molecule has 0 spiro atoms. The van der Waals surface area contributed by atoms with Crippen LogP contribution >= 0.6 is 0 Å². The van der Waals surface area contributed by atoms with Crippen molar-refractivity contribution in [1.82, 2.24) is 9.71 Å². The number of anilines is 1. The fourth-order valence-corrected chi connectivity index (χ4v) is 5.54. The van der Waals surface area contributed by atoms with Crippen LogP contribution in [0, 0.1) is 17.1 Å². The van der Waals surface area contributed by atoms with Gasteiger partial charge in [-0.1, -0.05) is 24.3 Å². The Bertz CT molecular complexity index is 1650. The molecule has 0 aliphatic heterocycles. The standard InChI is InChI=1S/C29H25FN4O3S/c1-29(2,3)34-38(36,37)26-14-11-22(30)17-25(26)20-9-12-23(13-10-20)33-28(35)24-8-5-15-32-27(24)21-7-4-6-19(16-21)18-31/h4-17,34H,1-3H3,(H,33,35). The largest absolute Gasteiger partial charge is 0.322 e. The molecule has 0 unspecified atom stereocenters. The average molecular weight is 529 g/mol.